The second-order valence-electron chi connectivity index (χ2n) is 4.37. The molecule has 0 aliphatic heterocycles. The zero-order valence-electron chi connectivity index (χ0n) is 9.88. The monoisotopic (exact) mass is 260 g/mol. The maximum absolute atomic E-state index is 11.1. The Morgan fingerprint density at radius 2 is 2.22 bits per heavy atom. The van der Waals surface area contributed by atoms with E-state index in [1.165, 1.54) is 11.3 Å². The van der Waals surface area contributed by atoms with Crippen LogP contribution >= 0.6 is 11.3 Å². The number of carbonyl (C=O) groups is 1. The van der Waals surface area contributed by atoms with Crippen LogP contribution in [0.5, 0.6) is 0 Å². The Hall–Kier alpha value is -1.82. The highest BCUT2D eigenvalue weighted by Gasteiger charge is 2.27. The maximum atomic E-state index is 11.1. The Labute approximate surface area is 108 Å². The van der Waals surface area contributed by atoms with E-state index in [9.17, 15) is 4.79 Å². The van der Waals surface area contributed by atoms with Gasteiger partial charge in [-0.1, -0.05) is 0 Å². The van der Waals surface area contributed by atoms with Crippen LogP contribution in [-0.4, -0.2) is 20.9 Å². The van der Waals surface area contributed by atoms with Gasteiger partial charge >= 0.3 is 0 Å². The summed E-state index contributed by atoms with van der Waals surface area (Å²) in [5.74, 6) is 0.903. The summed E-state index contributed by atoms with van der Waals surface area (Å²) in [5.41, 5.74) is 6.85. The van der Waals surface area contributed by atoms with Gasteiger partial charge in [-0.2, -0.15) is 0 Å². The molecule has 92 valence electrons. The summed E-state index contributed by atoms with van der Waals surface area (Å²) in [6, 6.07) is 1.84. The lowest BCUT2D eigenvalue weighted by atomic mass is 10.3. The molecule has 0 atom stereocenters. The molecule has 5 nitrogen and oxygen atoms in total. The number of primary amides is 1. The van der Waals surface area contributed by atoms with Gasteiger partial charge < -0.3 is 5.73 Å². The topological polar surface area (TPSA) is 81.8 Å². The average Bonchev–Trinajstić information content (AvgIpc) is 3.12. The van der Waals surface area contributed by atoms with Crippen molar-refractivity contribution in [1.29, 1.82) is 0 Å². The van der Waals surface area contributed by atoms with E-state index in [0.717, 1.165) is 34.9 Å². The van der Waals surface area contributed by atoms with Crippen molar-refractivity contribution in [3.63, 3.8) is 0 Å². The quantitative estimate of drug-likeness (QED) is 0.913. The summed E-state index contributed by atoms with van der Waals surface area (Å²) in [4.78, 5) is 25.0. The smallest absolute Gasteiger partial charge is 0.277 e. The lowest BCUT2D eigenvalue weighted by molar-refractivity contribution is 0.1000. The number of carbonyl (C=O) groups excluding carboxylic acids is 1. The highest BCUT2D eigenvalue weighted by atomic mass is 32.1. The van der Waals surface area contributed by atoms with Crippen molar-refractivity contribution in [2.45, 2.75) is 25.7 Å². The number of hydrogen-bond donors (Lipinski definition) is 1. The van der Waals surface area contributed by atoms with Crippen molar-refractivity contribution in [2.24, 2.45) is 5.73 Å². The fourth-order valence-electron chi connectivity index (χ4n) is 1.78. The molecule has 1 fully saturated rings. The van der Waals surface area contributed by atoms with Crippen LogP contribution in [0.3, 0.4) is 0 Å². The molecule has 0 aromatic carbocycles. The lowest BCUT2D eigenvalue weighted by Gasteiger charge is -2.00. The van der Waals surface area contributed by atoms with E-state index >= 15 is 0 Å². The van der Waals surface area contributed by atoms with Crippen molar-refractivity contribution < 1.29 is 4.79 Å². The first-order valence-corrected chi connectivity index (χ1v) is 6.57. The number of amides is 1. The summed E-state index contributed by atoms with van der Waals surface area (Å²) in [6.45, 7) is 1.86. The van der Waals surface area contributed by atoms with Gasteiger partial charge in [-0.15, -0.1) is 11.3 Å². The maximum Gasteiger partial charge on any atom is 0.277 e. The number of aromatic nitrogens is 3. The van der Waals surface area contributed by atoms with Crippen LogP contribution in [0.25, 0.3) is 10.6 Å². The Kier molecular flexibility index (Phi) is 2.59. The van der Waals surface area contributed by atoms with Crippen LogP contribution in [0.15, 0.2) is 12.3 Å². The van der Waals surface area contributed by atoms with E-state index in [2.05, 4.69) is 15.0 Å². The van der Waals surface area contributed by atoms with E-state index in [0.29, 0.717) is 10.9 Å². The molecule has 1 aliphatic carbocycles. The molecule has 2 N–H and O–H groups in total. The summed E-state index contributed by atoms with van der Waals surface area (Å²) < 4.78 is 0. The second-order valence-corrected chi connectivity index (χ2v) is 5.37. The summed E-state index contributed by atoms with van der Waals surface area (Å²) in [6.07, 6.45) is 4.09. The lowest BCUT2D eigenvalue weighted by Crippen LogP contribution is -2.10. The predicted octanol–water partition coefficient (Wildman–Crippen LogP) is 1.88. The van der Waals surface area contributed by atoms with Gasteiger partial charge in [-0.05, 0) is 25.8 Å². The number of nitrogens with zero attached hydrogens (tertiary/aromatic N) is 3. The zero-order valence-corrected chi connectivity index (χ0v) is 10.7. The van der Waals surface area contributed by atoms with E-state index < -0.39 is 5.91 Å². The Balaban J connectivity index is 2.03. The Morgan fingerprint density at radius 1 is 1.44 bits per heavy atom. The molecule has 1 amide bonds. The van der Waals surface area contributed by atoms with E-state index in [4.69, 9.17) is 5.73 Å². The van der Waals surface area contributed by atoms with Crippen LogP contribution in [0.4, 0.5) is 0 Å². The molecular weight excluding hydrogens is 248 g/mol. The zero-order chi connectivity index (χ0) is 12.7. The van der Waals surface area contributed by atoms with Gasteiger partial charge in [0.25, 0.3) is 5.91 Å². The van der Waals surface area contributed by atoms with Crippen molar-refractivity contribution in [3.8, 4) is 10.6 Å². The molecule has 1 saturated carbocycles. The third-order valence-electron chi connectivity index (χ3n) is 2.86. The first kappa shape index (κ1) is 11.3. The molecule has 0 bridgehead atoms. The first-order valence-electron chi connectivity index (χ1n) is 5.75. The fourth-order valence-corrected chi connectivity index (χ4v) is 2.67. The van der Waals surface area contributed by atoms with Crippen molar-refractivity contribution in [1.82, 2.24) is 15.0 Å². The van der Waals surface area contributed by atoms with Crippen molar-refractivity contribution in [3.05, 3.63) is 28.8 Å². The number of rotatable bonds is 3. The van der Waals surface area contributed by atoms with Crippen LogP contribution < -0.4 is 5.73 Å². The molecular formula is C12H12N4OS. The molecule has 6 heteroatoms. The molecule has 2 aromatic rings. The van der Waals surface area contributed by atoms with Gasteiger partial charge in [0.05, 0.1) is 16.3 Å². The first-order chi connectivity index (χ1) is 8.65. The van der Waals surface area contributed by atoms with Crippen LogP contribution in [0.2, 0.25) is 0 Å². The normalized spacial score (nSPS) is 14.7. The third kappa shape index (κ3) is 1.99. The molecule has 18 heavy (non-hydrogen) atoms. The molecule has 2 heterocycles. The van der Waals surface area contributed by atoms with Gasteiger partial charge in [-0.3, -0.25) is 4.79 Å². The van der Waals surface area contributed by atoms with Crippen LogP contribution in [-0.2, 0) is 0 Å². The number of aryl methyl sites for hydroxylation is 1. The molecule has 0 saturated heterocycles. The summed E-state index contributed by atoms with van der Waals surface area (Å²) >= 11 is 1.29. The summed E-state index contributed by atoms with van der Waals surface area (Å²) in [5, 5.41) is 0.328. The minimum atomic E-state index is -0.495. The average molecular weight is 260 g/mol. The second kappa shape index (κ2) is 4.13. The minimum absolute atomic E-state index is 0.328. The van der Waals surface area contributed by atoms with E-state index in [1.54, 1.807) is 6.20 Å². The van der Waals surface area contributed by atoms with Gasteiger partial charge in [0.2, 0.25) is 0 Å². The highest BCUT2D eigenvalue weighted by molar-refractivity contribution is 7.17. The fraction of sp³-hybridized carbons (Fsp3) is 0.333. The number of nitrogens with two attached hydrogens (primary N) is 1. The van der Waals surface area contributed by atoms with Gasteiger partial charge in [0.15, 0.2) is 5.01 Å². The van der Waals surface area contributed by atoms with Gasteiger partial charge in [0.1, 0.15) is 5.82 Å². The predicted molar refractivity (Wildman–Crippen MR) is 68.4 cm³/mol. The van der Waals surface area contributed by atoms with E-state index in [-0.39, 0.29) is 0 Å². The minimum Gasteiger partial charge on any atom is -0.364 e. The SMILES string of the molecule is Cc1nc(C(N)=O)sc1-c1ccnc(C2CC2)n1. The molecule has 1 aliphatic rings. The molecule has 0 radical (unpaired) electrons. The Morgan fingerprint density at radius 3 is 2.83 bits per heavy atom. The molecule has 0 spiro atoms. The number of thiazole rings is 1. The van der Waals surface area contributed by atoms with Gasteiger partial charge in [0, 0.05) is 12.1 Å². The third-order valence-corrected chi connectivity index (χ3v) is 4.05. The molecule has 0 unspecified atom stereocenters. The van der Waals surface area contributed by atoms with Crippen LogP contribution in [0.1, 0.15) is 40.1 Å². The molecule has 2 aromatic heterocycles. The standard InChI is InChI=1S/C12H12N4OS/c1-6-9(18-12(15-6)10(13)17)8-4-5-14-11(16-8)7-2-3-7/h4-5,7H,2-3H2,1H3,(H2,13,17). The summed E-state index contributed by atoms with van der Waals surface area (Å²) in [7, 11) is 0. The van der Waals surface area contributed by atoms with E-state index in [1.807, 2.05) is 13.0 Å². The largest absolute Gasteiger partial charge is 0.364 e. The van der Waals surface area contributed by atoms with Crippen LogP contribution in [0, 0.1) is 6.92 Å². The molecule has 3 rings (SSSR count). The van der Waals surface area contributed by atoms with Gasteiger partial charge in [-0.25, -0.2) is 15.0 Å². The Bertz CT molecular complexity index is 618. The van der Waals surface area contributed by atoms with Crippen molar-refractivity contribution >= 4 is 17.2 Å². The highest BCUT2D eigenvalue weighted by Crippen LogP contribution is 2.39. The van der Waals surface area contributed by atoms with Crippen molar-refractivity contribution in [2.75, 3.05) is 0 Å². The number of hydrogen-bond acceptors (Lipinski definition) is 5.